The van der Waals surface area contributed by atoms with E-state index < -0.39 is 0 Å². The lowest BCUT2D eigenvalue weighted by atomic mass is 10.0. The second-order valence-electron chi connectivity index (χ2n) is 9.39. The molecule has 0 fully saturated rings. The summed E-state index contributed by atoms with van der Waals surface area (Å²) in [6.45, 7) is 2.03. The van der Waals surface area contributed by atoms with Crippen molar-refractivity contribution in [3.8, 4) is 16.3 Å². The van der Waals surface area contributed by atoms with Gasteiger partial charge >= 0.3 is 0 Å². The van der Waals surface area contributed by atoms with E-state index in [0.29, 0.717) is 11.6 Å². The number of benzene rings is 2. The van der Waals surface area contributed by atoms with Crippen molar-refractivity contribution in [2.75, 3.05) is 17.2 Å². The van der Waals surface area contributed by atoms with Crippen LogP contribution in [0.15, 0.2) is 88.9 Å². The number of thioether (sulfide) groups is 1. The molecule has 3 aromatic heterocycles. The minimum Gasteiger partial charge on any atom is -0.467 e. The molecule has 1 N–H and O–H groups in total. The van der Waals surface area contributed by atoms with Crippen molar-refractivity contribution in [1.82, 2.24) is 15.1 Å². The maximum atomic E-state index is 13.9. The number of hydrogen-bond acceptors (Lipinski definition) is 6. The molecule has 0 bridgehead atoms. The highest BCUT2D eigenvalue weighted by Gasteiger charge is 2.38. The summed E-state index contributed by atoms with van der Waals surface area (Å²) < 4.78 is 21.0. The van der Waals surface area contributed by atoms with Crippen LogP contribution in [0.5, 0.6) is 0 Å². The average Bonchev–Trinajstić information content (AvgIpc) is 3.72. The lowest BCUT2D eigenvalue weighted by molar-refractivity contribution is -0.123. The van der Waals surface area contributed by atoms with Crippen molar-refractivity contribution in [1.29, 1.82) is 0 Å². The summed E-state index contributed by atoms with van der Waals surface area (Å²) >= 11 is 3.00. The van der Waals surface area contributed by atoms with Crippen molar-refractivity contribution < 1.29 is 18.4 Å². The van der Waals surface area contributed by atoms with Crippen LogP contribution in [0.25, 0.3) is 16.3 Å². The monoisotopic (exact) mass is 572 g/mol. The summed E-state index contributed by atoms with van der Waals surface area (Å²) in [7, 11) is 0. The van der Waals surface area contributed by atoms with E-state index in [-0.39, 0.29) is 41.7 Å². The van der Waals surface area contributed by atoms with E-state index in [1.54, 1.807) is 46.5 Å². The Morgan fingerprint density at radius 2 is 1.90 bits per heavy atom. The first-order chi connectivity index (χ1) is 19.5. The lowest BCUT2D eigenvalue weighted by Gasteiger charge is -2.23. The molecule has 202 valence electrons. The number of nitrogens with one attached hydrogen (secondary N) is 1. The molecule has 0 unspecified atom stereocenters. The third-order valence-electron chi connectivity index (χ3n) is 6.64. The predicted molar refractivity (Wildman–Crippen MR) is 155 cm³/mol. The van der Waals surface area contributed by atoms with Crippen LogP contribution >= 0.6 is 23.1 Å². The minimum absolute atomic E-state index is 0.139. The number of amides is 2. The Morgan fingerprint density at radius 3 is 2.60 bits per heavy atom. The summed E-state index contributed by atoms with van der Waals surface area (Å²) in [6.07, 6.45) is 1.55. The molecule has 2 aromatic carbocycles. The van der Waals surface area contributed by atoms with Gasteiger partial charge < -0.3 is 9.73 Å². The maximum absolute atomic E-state index is 13.9. The number of halogens is 1. The van der Waals surface area contributed by atoms with Gasteiger partial charge in [0.1, 0.15) is 29.6 Å². The van der Waals surface area contributed by atoms with Crippen molar-refractivity contribution in [2.24, 2.45) is 0 Å². The maximum Gasteiger partial charge on any atom is 0.240 e. The number of thiophene rings is 1. The Kier molecular flexibility index (Phi) is 7.27. The van der Waals surface area contributed by atoms with Crippen LogP contribution < -0.4 is 10.2 Å². The zero-order valence-electron chi connectivity index (χ0n) is 21.5. The number of aryl methyl sites for hydroxylation is 1. The van der Waals surface area contributed by atoms with Gasteiger partial charge in [0.25, 0.3) is 0 Å². The van der Waals surface area contributed by atoms with Crippen LogP contribution in [0, 0.1) is 12.7 Å². The SMILES string of the molecule is Cc1ccc(-n2nc(-c3cccs3)c3c2N(CC(=O)NCc2ccco2)C(=O)CS[C@@H]3c2ccc(F)cc2)cc1. The topological polar surface area (TPSA) is 80.4 Å². The smallest absolute Gasteiger partial charge is 0.240 e. The quantitative estimate of drug-likeness (QED) is 0.254. The second-order valence-corrected chi connectivity index (χ2v) is 11.4. The van der Waals surface area contributed by atoms with Crippen LogP contribution in [0.1, 0.15) is 27.7 Å². The standard InChI is InChI=1S/C30H25FN4O3S2/c1-19-6-12-22(13-7-19)35-30-27(28(33-35)24-5-3-15-39-24)29(20-8-10-21(31)11-9-20)40-18-26(37)34(30)17-25(36)32-16-23-4-2-14-38-23/h2-15,29H,16-18H2,1H3,(H,32,36)/t29-/m1/s1. The van der Waals surface area contributed by atoms with Crippen molar-refractivity contribution >= 4 is 40.7 Å². The van der Waals surface area contributed by atoms with Crippen molar-refractivity contribution in [3.05, 3.63) is 113 Å². The van der Waals surface area contributed by atoms with Crippen molar-refractivity contribution in [2.45, 2.75) is 18.7 Å². The van der Waals surface area contributed by atoms with E-state index in [1.807, 2.05) is 48.7 Å². The Hall–Kier alpha value is -4.15. The Balaban J connectivity index is 1.51. The molecule has 0 spiro atoms. The first-order valence-electron chi connectivity index (χ1n) is 12.7. The minimum atomic E-state index is -0.331. The first-order valence-corrected chi connectivity index (χ1v) is 14.6. The summed E-state index contributed by atoms with van der Waals surface area (Å²) in [5.41, 5.74) is 4.24. The largest absolute Gasteiger partial charge is 0.467 e. The Labute approximate surface area is 238 Å². The molecule has 10 heteroatoms. The lowest BCUT2D eigenvalue weighted by Crippen LogP contribution is -2.42. The second kappa shape index (κ2) is 11.1. The third-order valence-corrected chi connectivity index (χ3v) is 8.77. The fraction of sp³-hybridized carbons (Fsp3) is 0.167. The van der Waals surface area contributed by atoms with E-state index in [0.717, 1.165) is 32.9 Å². The summed E-state index contributed by atoms with van der Waals surface area (Å²) in [5, 5.41) is 9.57. The number of furan rings is 1. The van der Waals surface area contributed by atoms with E-state index in [9.17, 15) is 14.0 Å². The number of nitrogens with zero attached hydrogens (tertiary/aromatic N) is 3. The fourth-order valence-corrected chi connectivity index (χ4v) is 6.60. The number of carbonyl (C=O) groups is 2. The van der Waals surface area contributed by atoms with Gasteiger partial charge in [-0.05, 0) is 60.3 Å². The van der Waals surface area contributed by atoms with E-state index >= 15 is 0 Å². The Morgan fingerprint density at radius 1 is 1.10 bits per heavy atom. The van der Waals surface area contributed by atoms with Crippen LogP contribution in [0.2, 0.25) is 0 Å². The molecule has 0 aliphatic carbocycles. The van der Waals surface area contributed by atoms with Gasteiger partial charge in [-0.15, -0.1) is 23.1 Å². The molecule has 0 radical (unpaired) electrons. The molecule has 6 rings (SSSR count). The third kappa shape index (κ3) is 5.20. The molecule has 1 aliphatic heterocycles. The summed E-state index contributed by atoms with van der Waals surface area (Å²) in [5.74, 6) is 0.421. The molecule has 0 saturated heterocycles. The first kappa shape index (κ1) is 26.1. The van der Waals surface area contributed by atoms with Crippen LogP contribution in [-0.4, -0.2) is 33.9 Å². The molecule has 5 aromatic rings. The van der Waals surface area contributed by atoms with Gasteiger partial charge in [0, 0.05) is 5.56 Å². The van der Waals surface area contributed by atoms with E-state index in [1.165, 1.54) is 28.8 Å². The normalized spacial score (nSPS) is 15.1. The molecule has 7 nitrogen and oxygen atoms in total. The van der Waals surface area contributed by atoms with Gasteiger partial charge in [0.15, 0.2) is 0 Å². The number of aromatic nitrogens is 2. The molecular weight excluding hydrogens is 547 g/mol. The number of carbonyl (C=O) groups excluding carboxylic acids is 2. The zero-order valence-corrected chi connectivity index (χ0v) is 23.2. The molecule has 1 aliphatic rings. The highest BCUT2D eigenvalue weighted by molar-refractivity contribution is 8.00. The van der Waals surface area contributed by atoms with Gasteiger partial charge in [0.05, 0.1) is 34.4 Å². The predicted octanol–water partition coefficient (Wildman–Crippen LogP) is 6.13. The highest BCUT2D eigenvalue weighted by atomic mass is 32.2. The number of fused-ring (bicyclic) bond motifs is 1. The molecule has 0 saturated carbocycles. The highest BCUT2D eigenvalue weighted by Crippen LogP contribution is 2.49. The summed E-state index contributed by atoms with van der Waals surface area (Å²) in [4.78, 5) is 29.3. The fourth-order valence-electron chi connectivity index (χ4n) is 4.68. The van der Waals surface area contributed by atoms with Crippen molar-refractivity contribution in [3.63, 3.8) is 0 Å². The molecule has 2 amide bonds. The zero-order chi connectivity index (χ0) is 27.6. The van der Waals surface area contributed by atoms with Gasteiger partial charge in [-0.2, -0.15) is 5.10 Å². The van der Waals surface area contributed by atoms with Gasteiger partial charge in [-0.1, -0.05) is 35.9 Å². The van der Waals surface area contributed by atoms with Gasteiger partial charge in [-0.3, -0.25) is 14.5 Å². The number of hydrogen-bond donors (Lipinski definition) is 1. The molecule has 4 heterocycles. The number of rotatable bonds is 7. The molecule has 40 heavy (non-hydrogen) atoms. The van der Waals surface area contributed by atoms with Gasteiger partial charge in [-0.25, -0.2) is 9.07 Å². The van der Waals surface area contributed by atoms with Crippen LogP contribution in [-0.2, 0) is 16.1 Å². The van der Waals surface area contributed by atoms with Crippen LogP contribution in [0.3, 0.4) is 0 Å². The van der Waals surface area contributed by atoms with E-state index in [2.05, 4.69) is 5.32 Å². The average molecular weight is 573 g/mol. The number of anilines is 1. The molecule has 1 atom stereocenters. The van der Waals surface area contributed by atoms with Crippen LogP contribution in [0.4, 0.5) is 10.2 Å². The van der Waals surface area contributed by atoms with Gasteiger partial charge in [0.2, 0.25) is 11.8 Å². The van der Waals surface area contributed by atoms with E-state index in [4.69, 9.17) is 9.52 Å². The molecular formula is C30H25FN4O3S2. The Bertz CT molecular complexity index is 1630. The summed E-state index contributed by atoms with van der Waals surface area (Å²) in [6, 6.07) is 21.7.